The van der Waals surface area contributed by atoms with Gasteiger partial charge in [-0.2, -0.15) is 0 Å². The number of fused-ring (bicyclic) bond motifs is 2. The largest absolute Gasteiger partial charge is 0.348 e. The number of hydrogen-bond donors (Lipinski definition) is 1. The number of nitrogens with one attached hydrogen (secondary N) is 1. The molecule has 1 amide bonds. The van der Waals surface area contributed by atoms with E-state index in [1.165, 1.54) is 9.96 Å². The van der Waals surface area contributed by atoms with Crippen molar-refractivity contribution in [3.8, 4) is 0 Å². The Bertz CT molecular complexity index is 1250. The number of pyridine rings is 1. The number of nitrogens with zero attached hydrogens (tertiary/aromatic N) is 3. The number of carbonyl (C=O) groups is 1. The van der Waals surface area contributed by atoms with Crippen molar-refractivity contribution >= 4 is 22.6 Å². The fourth-order valence-electron chi connectivity index (χ4n) is 3.65. The van der Waals surface area contributed by atoms with Gasteiger partial charge in [0.15, 0.2) is 0 Å². The van der Waals surface area contributed by atoms with E-state index in [1.54, 1.807) is 23.9 Å². The van der Waals surface area contributed by atoms with Crippen LogP contribution in [-0.2, 0) is 13.5 Å². The highest BCUT2D eigenvalue weighted by Gasteiger charge is 2.19. The molecule has 0 bridgehead atoms. The van der Waals surface area contributed by atoms with Crippen LogP contribution in [0.1, 0.15) is 35.0 Å². The minimum Gasteiger partial charge on any atom is -0.348 e. The van der Waals surface area contributed by atoms with Gasteiger partial charge in [-0.05, 0) is 49.9 Å². The quantitative estimate of drug-likeness (QED) is 0.571. The standard InChI is InChI=1S/C23H24N4O2/c1-15-8-7-13-27-20(15)25-21-18(23(27)29)14-19(26(21)3)22(28)24-16(2)11-12-17-9-5-4-6-10-17/h4-10,13-14,16H,11-12H2,1-3H3,(H,24,28)/t16-/m0/s1. The second-order valence-electron chi connectivity index (χ2n) is 7.53. The summed E-state index contributed by atoms with van der Waals surface area (Å²) < 4.78 is 3.23. The lowest BCUT2D eigenvalue weighted by atomic mass is 10.1. The molecule has 3 aromatic heterocycles. The first kappa shape index (κ1) is 18.9. The zero-order valence-corrected chi connectivity index (χ0v) is 16.8. The van der Waals surface area contributed by atoms with Gasteiger partial charge in [-0.15, -0.1) is 0 Å². The van der Waals surface area contributed by atoms with E-state index in [9.17, 15) is 9.59 Å². The van der Waals surface area contributed by atoms with Crippen LogP contribution >= 0.6 is 0 Å². The van der Waals surface area contributed by atoms with Crippen molar-refractivity contribution in [3.05, 3.63) is 81.9 Å². The van der Waals surface area contributed by atoms with Crippen LogP contribution in [0.3, 0.4) is 0 Å². The highest BCUT2D eigenvalue weighted by atomic mass is 16.2. The molecule has 4 rings (SSSR count). The molecule has 6 nitrogen and oxygen atoms in total. The molecule has 1 N–H and O–H groups in total. The smallest absolute Gasteiger partial charge is 0.268 e. The molecule has 0 aliphatic carbocycles. The van der Waals surface area contributed by atoms with Crippen molar-refractivity contribution in [2.24, 2.45) is 7.05 Å². The molecule has 0 fully saturated rings. The SMILES string of the molecule is Cc1cccn2c(=O)c3cc(C(=O)N[C@@H](C)CCc4ccccc4)n(C)c3nc12. The molecule has 0 aliphatic rings. The van der Waals surface area contributed by atoms with E-state index < -0.39 is 0 Å². The van der Waals surface area contributed by atoms with Crippen LogP contribution < -0.4 is 10.9 Å². The lowest BCUT2D eigenvalue weighted by Gasteiger charge is -2.14. The lowest BCUT2D eigenvalue weighted by molar-refractivity contribution is 0.0930. The number of aromatic nitrogens is 3. The lowest BCUT2D eigenvalue weighted by Crippen LogP contribution is -2.34. The van der Waals surface area contributed by atoms with Crippen molar-refractivity contribution < 1.29 is 4.79 Å². The zero-order chi connectivity index (χ0) is 20.5. The number of benzene rings is 1. The van der Waals surface area contributed by atoms with Gasteiger partial charge in [-0.25, -0.2) is 4.98 Å². The summed E-state index contributed by atoms with van der Waals surface area (Å²) in [6.07, 6.45) is 3.43. The van der Waals surface area contributed by atoms with Crippen LogP contribution in [-0.4, -0.2) is 25.9 Å². The molecule has 0 radical (unpaired) electrons. The summed E-state index contributed by atoms with van der Waals surface area (Å²) in [4.78, 5) is 30.4. The van der Waals surface area contributed by atoms with Gasteiger partial charge in [0.05, 0.1) is 5.39 Å². The molecular weight excluding hydrogens is 364 g/mol. The number of carbonyl (C=O) groups excluding carboxylic acids is 1. The van der Waals surface area contributed by atoms with Crippen molar-refractivity contribution in [3.63, 3.8) is 0 Å². The van der Waals surface area contributed by atoms with Gasteiger partial charge in [0.1, 0.15) is 17.0 Å². The average Bonchev–Trinajstić information content (AvgIpc) is 3.05. The van der Waals surface area contributed by atoms with Crippen LogP contribution in [0.15, 0.2) is 59.5 Å². The van der Waals surface area contributed by atoms with Crippen molar-refractivity contribution in [2.75, 3.05) is 0 Å². The molecule has 148 valence electrons. The summed E-state index contributed by atoms with van der Waals surface area (Å²) in [6.45, 7) is 3.91. The van der Waals surface area contributed by atoms with Gasteiger partial charge in [0, 0.05) is 19.3 Å². The first-order valence-electron chi connectivity index (χ1n) is 9.78. The average molecular weight is 388 g/mol. The maximum Gasteiger partial charge on any atom is 0.268 e. The van der Waals surface area contributed by atoms with Gasteiger partial charge < -0.3 is 9.88 Å². The first-order valence-corrected chi connectivity index (χ1v) is 9.78. The third kappa shape index (κ3) is 3.53. The monoisotopic (exact) mass is 388 g/mol. The topological polar surface area (TPSA) is 68.4 Å². The summed E-state index contributed by atoms with van der Waals surface area (Å²) in [7, 11) is 1.77. The van der Waals surface area contributed by atoms with Gasteiger partial charge in [-0.1, -0.05) is 36.4 Å². The molecule has 0 unspecified atom stereocenters. The molecule has 1 atom stereocenters. The van der Waals surface area contributed by atoms with E-state index in [4.69, 9.17) is 0 Å². The number of hydrogen-bond acceptors (Lipinski definition) is 3. The van der Waals surface area contributed by atoms with Gasteiger partial charge in [0.2, 0.25) is 0 Å². The molecule has 29 heavy (non-hydrogen) atoms. The van der Waals surface area contributed by atoms with E-state index in [0.717, 1.165) is 18.4 Å². The van der Waals surface area contributed by atoms with Crippen molar-refractivity contribution in [1.29, 1.82) is 0 Å². The molecule has 0 saturated carbocycles. The highest BCUT2D eigenvalue weighted by molar-refractivity contribution is 5.98. The van der Waals surface area contributed by atoms with E-state index in [1.807, 2.05) is 44.2 Å². The third-order valence-electron chi connectivity index (χ3n) is 5.34. The summed E-state index contributed by atoms with van der Waals surface area (Å²) in [5.74, 6) is -0.198. The first-order chi connectivity index (χ1) is 14.0. The Morgan fingerprint density at radius 1 is 1.14 bits per heavy atom. The molecule has 0 saturated heterocycles. The zero-order valence-electron chi connectivity index (χ0n) is 16.8. The number of rotatable bonds is 5. The van der Waals surface area contributed by atoms with Crippen LogP contribution in [0.25, 0.3) is 16.7 Å². The van der Waals surface area contributed by atoms with Crippen LogP contribution in [0.5, 0.6) is 0 Å². The number of amides is 1. The Balaban J connectivity index is 1.60. The second-order valence-corrected chi connectivity index (χ2v) is 7.53. The van der Waals surface area contributed by atoms with Gasteiger partial charge in [0.25, 0.3) is 11.5 Å². The van der Waals surface area contributed by atoms with E-state index in [-0.39, 0.29) is 17.5 Å². The Hall–Kier alpha value is -3.41. The molecule has 4 aromatic rings. The Kier molecular flexibility index (Phi) is 4.92. The molecule has 1 aromatic carbocycles. The fourth-order valence-corrected chi connectivity index (χ4v) is 3.65. The van der Waals surface area contributed by atoms with E-state index in [2.05, 4.69) is 22.4 Å². The van der Waals surface area contributed by atoms with Crippen LogP contribution in [0.2, 0.25) is 0 Å². The summed E-state index contributed by atoms with van der Waals surface area (Å²) in [5, 5.41) is 3.49. The third-order valence-corrected chi connectivity index (χ3v) is 5.34. The van der Waals surface area contributed by atoms with Crippen molar-refractivity contribution in [2.45, 2.75) is 32.7 Å². The van der Waals surface area contributed by atoms with Crippen molar-refractivity contribution in [1.82, 2.24) is 19.3 Å². The highest BCUT2D eigenvalue weighted by Crippen LogP contribution is 2.16. The van der Waals surface area contributed by atoms with E-state index in [0.29, 0.717) is 22.4 Å². The minimum absolute atomic E-state index is 0.0103. The number of aryl methyl sites for hydroxylation is 3. The molecule has 3 heterocycles. The van der Waals surface area contributed by atoms with Crippen LogP contribution in [0.4, 0.5) is 0 Å². The molecule has 0 aliphatic heterocycles. The van der Waals surface area contributed by atoms with Crippen LogP contribution in [0, 0.1) is 6.92 Å². The predicted octanol–water partition coefficient (Wildman–Crippen LogP) is 3.25. The maximum atomic E-state index is 12.9. The Morgan fingerprint density at radius 2 is 1.90 bits per heavy atom. The second kappa shape index (κ2) is 7.54. The van der Waals surface area contributed by atoms with E-state index >= 15 is 0 Å². The summed E-state index contributed by atoms with van der Waals surface area (Å²) >= 11 is 0. The molecule has 6 heteroatoms. The maximum absolute atomic E-state index is 12.9. The summed E-state index contributed by atoms with van der Waals surface area (Å²) in [6, 6.07) is 15.6. The van der Waals surface area contributed by atoms with Gasteiger partial charge in [-0.3, -0.25) is 14.0 Å². The normalized spacial score (nSPS) is 12.4. The van der Waals surface area contributed by atoms with Gasteiger partial charge >= 0.3 is 0 Å². The predicted molar refractivity (Wildman–Crippen MR) is 114 cm³/mol. The summed E-state index contributed by atoms with van der Waals surface area (Å²) in [5.41, 5.74) is 3.55. The minimum atomic E-state index is -0.198. The molecular formula is C23H24N4O2. The Labute approximate surface area is 168 Å². The Morgan fingerprint density at radius 3 is 2.66 bits per heavy atom. The fraction of sp³-hybridized carbons (Fsp3) is 0.261. The molecule has 0 spiro atoms.